The van der Waals surface area contributed by atoms with Crippen LogP contribution in [0, 0.1) is 6.85 Å². The summed E-state index contributed by atoms with van der Waals surface area (Å²) in [6.45, 7) is -2.90. The summed E-state index contributed by atoms with van der Waals surface area (Å²) in [5.41, 5.74) is 23.5. The van der Waals surface area contributed by atoms with Crippen LogP contribution in [0.25, 0.3) is 99.5 Å². The molecule has 0 N–H and O–H groups in total. The van der Waals surface area contributed by atoms with Crippen LogP contribution in [0.4, 0.5) is 34.1 Å². The maximum absolute atomic E-state index is 9.62. The van der Waals surface area contributed by atoms with E-state index in [-0.39, 0.29) is 12.3 Å². The number of fused-ring (bicyclic) bond motifs is 10. The Kier molecular flexibility index (Phi) is 10.2. The second-order valence-corrected chi connectivity index (χ2v) is 22.1. The van der Waals surface area contributed by atoms with Crippen molar-refractivity contribution in [3.8, 4) is 55.9 Å². The molecule has 0 saturated carbocycles. The molecule has 0 spiro atoms. The van der Waals surface area contributed by atoms with Crippen molar-refractivity contribution in [3.63, 3.8) is 0 Å². The molecule has 4 heterocycles. The molecule has 5 heteroatoms. The molecule has 84 heavy (non-hydrogen) atoms. The summed E-state index contributed by atoms with van der Waals surface area (Å²) in [7, 11) is 0. The molecule has 0 unspecified atom stereocenters. The Balaban J connectivity index is 1.05. The van der Waals surface area contributed by atoms with E-state index in [1.165, 1.54) is 21.5 Å². The van der Waals surface area contributed by atoms with Crippen LogP contribution < -0.4 is 26.2 Å². The van der Waals surface area contributed by atoms with Crippen molar-refractivity contribution in [2.45, 2.75) is 6.85 Å². The fourth-order valence-corrected chi connectivity index (χ4v) is 14.1. The van der Waals surface area contributed by atoms with Crippen molar-refractivity contribution in [1.82, 2.24) is 9.13 Å². The van der Waals surface area contributed by atoms with E-state index in [4.69, 9.17) is 0 Å². The van der Waals surface area contributed by atoms with Crippen LogP contribution in [0.3, 0.4) is 0 Å². The zero-order valence-corrected chi connectivity index (χ0v) is 45.7. The van der Waals surface area contributed by atoms with Crippen molar-refractivity contribution in [3.05, 3.63) is 309 Å². The van der Waals surface area contributed by atoms with Crippen molar-refractivity contribution >= 4 is 101 Å². The summed E-state index contributed by atoms with van der Waals surface area (Å²) in [6, 6.07) is 108. The van der Waals surface area contributed by atoms with Crippen LogP contribution in [0.15, 0.2) is 303 Å². The Morgan fingerprint density at radius 1 is 0.286 bits per heavy atom. The molecule has 13 aromatic carbocycles. The van der Waals surface area contributed by atoms with E-state index in [1.54, 1.807) is 0 Å². The van der Waals surface area contributed by atoms with Gasteiger partial charge in [-0.05, 0) is 112 Å². The second-order valence-electron chi connectivity index (χ2n) is 22.1. The summed E-state index contributed by atoms with van der Waals surface area (Å²) in [5, 5.41) is 4.69. The lowest BCUT2D eigenvalue weighted by Crippen LogP contribution is -2.61. The van der Waals surface area contributed by atoms with Crippen molar-refractivity contribution < 1.29 is 4.11 Å². The van der Waals surface area contributed by atoms with E-state index in [2.05, 4.69) is 310 Å². The average molecular weight is 1070 g/mol. The van der Waals surface area contributed by atoms with Gasteiger partial charge in [-0.2, -0.15) is 0 Å². The van der Waals surface area contributed by atoms with Gasteiger partial charge in [0.15, 0.2) is 0 Å². The Labute approximate surface area is 492 Å². The van der Waals surface area contributed by atoms with Crippen molar-refractivity contribution in [2.75, 3.05) is 9.80 Å². The monoisotopic (exact) mass is 1070 g/mol. The highest BCUT2D eigenvalue weighted by Gasteiger charge is 2.45. The van der Waals surface area contributed by atoms with Gasteiger partial charge >= 0.3 is 0 Å². The topological polar surface area (TPSA) is 16.3 Å². The van der Waals surface area contributed by atoms with Gasteiger partial charge in [0.1, 0.15) is 0 Å². The first-order valence-electron chi connectivity index (χ1n) is 30.4. The number of hydrogen-bond acceptors (Lipinski definition) is 2. The highest BCUT2D eigenvalue weighted by molar-refractivity contribution is 7.00. The number of aryl methyl sites for hydroxylation is 1. The Morgan fingerprint density at radius 3 is 0.917 bits per heavy atom. The van der Waals surface area contributed by atoms with Gasteiger partial charge in [-0.1, -0.05) is 243 Å². The second kappa shape index (κ2) is 19.1. The molecule has 0 atom stereocenters. The largest absolute Gasteiger partial charge is 0.310 e. The quantitative estimate of drug-likeness (QED) is 0.141. The zero-order chi connectivity index (χ0) is 57.9. The minimum Gasteiger partial charge on any atom is -0.310 e. The lowest BCUT2D eigenvalue weighted by Gasteiger charge is -2.46. The number of anilines is 6. The molecule has 0 bridgehead atoms. The number of nitrogens with zero attached hydrogens (tertiary/aromatic N) is 4. The van der Waals surface area contributed by atoms with E-state index < -0.39 is 6.85 Å². The third-order valence-corrected chi connectivity index (χ3v) is 17.6. The number of rotatable bonds is 8. The van der Waals surface area contributed by atoms with Crippen LogP contribution in [-0.2, 0) is 0 Å². The third kappa shape index (κ3) is 7.28. The van der Waals surface area contributed by atoms with Crippen LogP contribution in [0.5, 0.6) is 0 Å². The van der Waals surface area contributed by atoms with Gasteiger partial charge in [-0.15, -0.1) is 0 Å². The molecular formula is C79H53BN4. The summed E-state index contributed by atoms with van der Waals surface area (Å²) >= 11 is 0. The van der Waals surface area contributed by atoms with Gasteiger partial charge in [0, 0.05) is 82.0 Å². The molecule has 2 aliphatic rings. The molecule has 392 valence electrons. The SMILES string of the molecule is [2H]C([2H])([2H])c1cc2c3c(c1)N(c1c(-c4ccccc4)cccc1-c1ccccc1)c1cc(-n4c5ccccc5c5ccccc54)ccc1B3c1ccc(-n3c4ccccc4c4ccccc43)cc1N2c1c(-c2ccccc2)cccc1-c1ccccc1. The molecule has 0 fully saturated rings. The molecule has 0 radical (unpaired) electrons. The first-order chi connectivity index (χ1) is 42.9. The molecule has 4 nitrogen and oxygen atoms in total. The summed E-state index contributed by atoms with van der Waals surface area (Å²) in [6.07, 6.45) is 0. The van der Waals surface area contributed by atoms with E-state index in [1.807, 2.05) is 12.1 Å². The van der Waals surface area contributed by atoms with E-state index in [9.17, 15) is 4.11 Å². The maximum Gasteiger partial charge on any atom is 0.252 e. The van der Waals surface area contributed by atoms with Gasteiger partial charge in [0.25, 0.3) is 6.71 Å². The summed E-state index contributed by atoms with van der Waals surface area (Å²) in [5.74, 6) is 0. The number of aromatic nitrogens is 2. The number of para-hydroxylation sites is 6. The smallest absolute Gasteiger partial charge is 0.252 e. The van der Waals surface area contributed by atoms with E-state index in [0.717, 1.165) is 128 Å². The predicted octanol–water partition coefficient (Wildman–Crippen LogP) is 18.9. The standard InChI is InChI=1S/C79H53BN4/c1-52-48-75-77-76(49-52)84(79-61(55-28-10-4-11-29-55)38-23-39-62(79)56-30-12-5-13-31-56)74-51-58(82-71-42-20-16-34-65(71)66-35-17-21-43-72(66)82)45-47-68(74)80(77)67-46-44-57(81-69-40-18-14-32-63(69)64-33-15-19-41-70(64)81)50-73(67)83(75)78-59(53-24-6-2-7-25-53)36-22-37-60(78)54-26-8-3-9-27-54/h2-51H,1H3/i1D3. The van der Waals surface area contributed by atoms with Crippen molar-refractivity contribution in [2.24, 2.45) is 0 Å². The molecule has 0 saturated heterocycles. The van der Waals surface area contributed by atoms with Gasteiger partial charge in [-0.25, -0.2) is 0 Å². The molecule has 17 rings (SSSR count). The molecule has 2 aliphatic heterocycles. The van der Waals surface area contributed by atoms with Gasteiger partial charge in [0.2, 0.25) is 0 Å². The lowest BCUT2D eigenvalue weighted by atomic mass is 9.33. The maximum atomic E-state index is 9.62. The van der Waals surface area contributed by atoms with Gasteiger partial charge < -0.3 is 18.9 Å². The molecule has 2 aromatic heterocycles. The molecular weight excluding hydrogens is 1020 g/mol. The fourth-order valence-electron chi connectivity index (χ4n) is 14.1. The first kappa shape index (κ1) is 44.8. The van der Waals surface area contributed by atoms with Gasteiger partial charge in [-0.3, -0.25) is 0 Å². The van der Waals surface area contributed by atoms with Gasteiger partial charge in [0.05, 0.1) is 33.4 Å². The van der Waals surface area contributed by atoms with E-state index >= 15 is 0 Å². The van der Waals surface area contributed by atoms with Crippen LogP contribution >= 0.6 is 0 Å². The average Bonchev–Trinajstić information content (AvgIpc) is 1.26. The van der Waals surface area contributed by atoms with Crippen molar-refractivity contribution in [1.29, 1.82) is 0 Å². The summed E-state index contributed by atoms with van der Waals surface area (Å²) < 4.78 is 33.7. The fraction of sp³-hybridized carbons (Fsp3) is 0.0127. The lowest BCUT2D eigenvalue weighted by molar-refractivity contribution is 1.16. The minimum atomic E-state index is -2.53. The Bertz CT molecular complexity index is 4690. The predicted molar refractivity (Wildman–Crippen MR) is 356 cm³/mol. The first-order valence-corrected chi connectivity index (χ1v) is 28.9. The summed E-state index contributed by atoms with van der Waals surface area (Å²) in [4.78, 5) is 4.86. The highest BCUT2D eigenvalue weighted by Crippen LogP contribution is 2.53. The Hall–Kier alpha value is -10.9. The molecule has 0 aliphatic carbocycles. The normalized spacial score (nSPS) is 13.2. The molecule has 15 aromatic rings. The minimum absolute atomic E-state index is 0.242. The third-order valence-electron chi connectivity index (χ3n) is 17.6. The van der Waals surface area contributed by atoms with Crippen LogP contribution in [0.1, 0.15) is 9.68 Å². The van der Waals surface area contributed by atoms with E-state index in [0.29, 0.717) is 0 Å². The highest BCUT2D eigenvalue weighted by atomic mass is 15.2. The van der Waals surface area contributed by atoms with Crippen LogP contribution in [-0.4, -0.2) is 15.8 Å². The molecule has 0 amide bonds. The number of benzene rings is 13. The van der Waals surface area contributed by atoms with Crippen LogP contribution in [0.2, 0.25) is 0 Å². The Morgan fingerprint density at radius 2 is 0.595 bits per heavy atom. The zero-order valence-electron chi connectivity index (χ0n) is 48.7. The number of hydrogen-bond donors (Lipinski definition) is 0.